The zero-order valence-electron chi connectivity index (χ0n) is 10.0. The van der Waals surface area contributed by atoms with Crippen molar-refractivity contribution in [2.75, 3.05) is 6.61 Å². The summed E-state index contributed by atoms with van der Waals surface area (Å²) in [7, 11) is 0. The minimum Gasteiger partial charge on any atom is -0.480 e. The average molecular weight is 232 g/mol. The average Bonchev–Trinajstić information content (AvgIpc) is 2.16. The Balaban J connectivity index is 5.07. The third-order valence-electron chi connectivity index (χ3n) is 2.40. The van der Waals surface area contributed by atoms with Crippen molar-refractivity contribution in [3.8, 4) is 0 Å². The molecule has 0 amide bonds. The number of carboxylic acids is 1. The van der Waals surface area contributed by atoms with Crippen molar-refractivity contribution in [3.05, 3.63) is 0 Å². The molecule has 2 atom stereocenters. The minimum atomic E-state index is -1.61. The van der Waals surface area contributed by atoms with Crippen LogP contribution in [0.1, 0.15) is 40.0 Å². The van der Waals surface area contributed by atoms with E-state index in [0.717, 1.165) is 0 Å². The minimum absolute atomic E-state index is 0.116. The molecule has 0 radical (unpaired) electrons. The van der Waals surface area contributed by atoms with E-state index in [0.29, 0.717) is 6.42 Å². The Bertz CT molecular complexity index is 249. The van der Waals surface area contributed by atoms with E-state index in [1.165, 1.54) is 6.92 Å². The second-order valence-electron chi connectivity index (χ2n) is 3.91. The first-order valence-electron chi connectivity index (χ1n) is 5.49. The van der Waals surface area contributed by atoms with Gasteiger partial charge in [0.15, 0.2) is 5.41 Å². The quantitative estimate of drug-likeness (QED) is 0.509. The summed E-state index contributed by atoms with van der Waals surface area (Å²) in [6.07, 6.45) is -0.258. The Morgan fingerprint density at radius 3 is 2.25 bits per heavy atom. The third kappa shape index (κ3) is 3.48. The van der Waals surface area contributed by atoms with Crippen LogP contribution >= 0.6 is 0 Å². The number of esters is 1. The lowest BCUT2D eigenvalue weighted by molar-refractivity contribution is -0.171. The molecule has 0 aliphatic carbocycles. The molecule has 0 aromatic heterocycles. The SMILES string of the molecule is CCCC(CC(C)O)(C(=O)O)C(=O)OCC. The number of rotatable bonds is 7. The summed E-state index contributed by atoms with van der Waals surface area (Å²) in [4.78, 5) is 23.0. The third-order valence-corrected chi connectivity index (χ3v) is 2.40. The molecule has 0 aliphatic rings. The van der Waals surface area contributed by atoms with E-state index in [4.69, 9.17) is 4.74 Å². The molecule has 5 nitrogen and oxygen atoms in total. The second-order valence-corrected chi connectivity index (χ2v) is 3.91. The van der Waals surface area contributed by atoms with Crippen molar-refractivity contribution in [3.63, 3.8) is 0 Å². The van der Waals surface area contributed by atoms with Gasteiger partial charge in [0.25, 0.3) is 0 Å². The molecule has 0 spiro atoms. The molecule has 0 aromatic rings. The van der Waals surface area contributed by atoms with Gasteiger partial charge in [-0.3, -0.25) is 9.59 Å². The van der Waals surface area contributed by atoms with Gasteiger partial charge in [-0.1, -0.05) is 13.3 Å². The first-order chi connectivity index (χ1) is 7.40. The lowest BCUT2D eigenvalue weighted by atomic mass is 9.78. The predicted molar refractivity (Wildman–Crippen MR) is 57.9 cm³/mol. The number of carbonyl (C=O) groups is 2. The van der Waals surface area contributed by atoms with Gasteiger partial charge < -0.3 is 14.9 Å². The van der Waals surface area contributed by atoms with Crippen LogP contribution in [0.3, 0.4) is 0 Å². The van der Waals surface area contributed by atoms with Gasteiger partial charge in [0.2, 0.25) is 0 Å². The van der Waals surface area contributed by atoms with Gasteiger partial charge in [0.05, 0.1) is 12.7 Å². The number of aliphatic hydroxyl groups is 1. The summed E-state index contributed by atoms with van der Waals surface area (Å²) >= 11 is 0. The molecule has 2 unspecified atom stereocenters. The molecule has 16 heavy (non-hydrogen) atoms. The number of hydrogen-bond acceptors (Lipinski definition) is 4. The first-order valence-corrected chi connectivity index (χ1v) is 5.49. The number of hydrogen-bond donors (Lipinski definition) is 2. The number of carboxylic acid groups (broad SMARTS) is 1. The largest absolute Gasteiger partial charge is 0.480 e. The van der Waals surface area contributed by atoms with Crippen LogP contribution in [0.25, 0.3) is 0 Å². The zero-order valence-corrected chi connectivity index (χ0v) is 10.0. The van der Waals surface area contributed by atoms with Crippen LogP contribution in [0.15, 0.2) is 0 Å². The van der Waals surface area contributed by atoms with Gasteiger partial charge in [0.1, 0.15) is 0 Å². The zero-order chi connectivity index (χ0) is 12.8. The van der Waals surface area contributed by atoms with E-state index in [1.807, 2.05) is 0 Å². The molecular formula is C11H20O5. The van der Waals surface area contributed by atoms with E-state index in [9.17, 15) is 19.8 Å². The molecule has 2 N–H and O–H groups in total. The molecule has 0 aromatic carbocycles. The molecule has 5 heteroatoms. The maximum atomic E-state index is 11.7. The smallest absolute Gasteiger partial charge is 0.323 e. The van der Waals surface area contributed by atoms with Crippen molar-refractivity contribution in [2.45, 2.75) is 46.1 Å². The van der Waals surface area contributed by atoms with Crippen molar-refractivity contribution < 1.29 is 24.5 Å². The molecule has 0 fully saturated rings. The summed E-state index contributed by atoms with van der Waals surface area (Å²) in [6, 6.07) is 0. The maximum absolute atomic E-state index is 11.7. The molecule has 94 valence electrons. The van der Waals surface area contributed by atoms with E-state index >= 15 is 0 Å². The van der Waals surface area contributed by atoms with Crippen molar-refractivity contribution in [1.29, 1.82) is 0 Å². The Labute approximate surface area is 95.4 Å². The monoisotopic (exact) mass is 232 g/mol. The van der Waals surface area contributed by atoms with Gasteiger partial charge in [-0.2, -0.15) is 0 Å². The van der Waals surface area contributed by atoms with Crippen molar-refractivity contribution in [1.82, 2.24) is 0 Å². The Morgan fingerprint density at radius 2 is 1.94 bits per heavy atom. The Kier molecular flexibility index (Phi) is 6.03. The van der Waals surface area contributed by atoms with Gasteiger partial charge in [-0.15, -0.1) is 0 Å². The Hall–Kier alpha value is -1.10. The van der Waals surface area contributed by atoms with E-state index in [2.05, 4.69) is 0 Å². The molecule has 0 saturated carbocycles. The van der Waals surface area contributed by atoms with E-state index < -0.39 is 23.5 Å². The van der Waals surface area contributed by atoms with E-state index in [1.54, 1.807) is 13.8 Å². The summed E-state index contributed by atoms with van der Waals surface area (Å²) in [5.41, 5.74) is -1.61. The Morgan fingerprint density at radius 1 is 1.38 bits per heavy atom. The van der Waals surface area contributed by atoms with Gasteiger partial charge in [-0.25, -0.2) is 0 Å². The highest BCUT2D eigenvalue weighted by atomic mass is 16.5. The molecular weight excluding hydrogens is 212 g/mol. The topological polar surface area (TPSA) is 83.8 Å². The highest BCUT2D eigenvalue weighted by Crippen LogP contribution is 2.32. The van der Waals surface area contributed by atoms with E-state index in [-0.39, 0.29) is 19.4 Å². The fourth-order valence-electron chi connectivity index (χ4n) is 1.77. The van der Waals surface area contributed by atoms with Crippen LogP contribution in [-0.2, 0) is 14.3 Å². The number of aliphatic hydroxyl groups excluding tert-OH is 1. The predicted octanol–water partition coefficient (Wildman–Crippen LogP) is 1.19. The number of ether oxygens (including phenoxy) is 1. The normalized spacial score (nSPS) is 16.2. The van der Waals surface area contributed by atoms with Crippen LogP contribution in [0.5, 0.6) is 0 Å². The van der Waals surface area contributed by atoms with Crippen LogP contribution in [0.2, 0.25) is 0 Å². The maximum Gasteiger partial charge on any atom is 0.323 e. The fourth-order valence-corrected chi connectivity index (χ4v) is 1.77. The number of aliphatic carboxylic acids is 1. The summed E-state index contributed by atoms with van der Waals surface area (Å²) in [5, 5.41) is 18.5. The first kappa shape index (κ1) is 14.9. The lowest BCUT2D eigenvalue weighted by Gasteiger charge is -2.27. The van der Waals surface area contributed by atoms with Crippen LogP contribution in [0.4, 0.5) is 0 Å². The summed E-state index contributed by atoms with van der Waals surface area (Å²) in [6.45, 7) is 5.02. The molecule has 0 heterocycles. The highest BCUT2D eigenvalue weighted by molar-refractivity contribution is 5.99. The summed E-state index contributed by atoms with van der Waals surface area (Å²) < 4.78 is 4.79. The van der Waals surface area contributed by atoms with Gasteiger partial charge in [-0.05, 0) is 26.7 Å². The molecule has 0 aliphatic heterocycles. The highest BCUT2D eigenvalue weighted by Gasteiger charge is 2.47. The molecule has 0 saturated heterocycles. The second kappa shape index (κ2) is 6.48. The standard InChI is InChI=1S/C11H20O5/c1-4-6-11(9(13)14,7-8(3)12)10(15)16-5-2/h8,12H,4-7H2,1-3H3,(H,13,14). The molecule has 0 rings (SSSR count). The fraction of sp³-hybridized carbons (Fsp3) is 0.818. The van der Waals surface area contributed by atoms with Gasteiger partial charge in [0, 0.05) is 0 Å². The van der Waals surface area contributed by atoms with Crippen LogP contribution in [-0.4, -0.2) is 34.9 Å². The van der Waals surface area contributed by atoms with Gasteiger partial charge >= 0.3 is 11.9 Å². The van der Waals surface area contributed by atoms with Crippen LogP contribution < -0.4 is 0 Å². The lowest BCUT2D eigenvalue weighted by Crippen LogP contribution is -2.43. The summed E-state index contributed by atoms with van der Waals surface area (Å²) in [5.74, 6) is -1.99. The molecule has 0 bridgehead atoms. The van der Waals surface area contributed by atoms with Crippen LogP contribution in [0, 0.1) is 5.41 Å². The number of carbonyl (C=O) groups excluding carboxylic acids is 1. The van der Waals surface area contributed by atoms with Crippen molar-refractivity contribution in [2.24, 2.45) is 5.41 Å². The van der Waals surface area contributed by atoms with Crippen molar-refractivity contribution >= 4 is 11.9 Å².